The van der Waals surface area contributed by atoms with Crippen LogP contribution in [0, 0.1) is 11.8 Å². The van der Waals surface area contributed by atoms with Gasteiger partial charge >= 0.3 is 0 Å². The molecule has 0 aliphatic carbocycles. The molecule has 7 heteroatoms. The van der Waals surface area contributed by atoms with E-state index in [1.807, 2.05) is 30.7 Å². The van der Waals surface area contributed by atoms with Gasteiger partial charge in [0.15, 0.2) is 0 Å². The summed E-state index contributed by atoms with van der Waals surface area (Å²) in [4.78, 5) is 18.3. The molecule has 3 heterocycles. The van der Waals surface area contributed by atoms with E-state index in [0.717, 1.165) is 18.7 Å². The minimum atomic E-state index is -0.954. The van der Waals surface area contributed by atoms with Gasteiger partial charge in [0.1, 0.15) is 6.10 Å². The van der Waals surface area contributed by atoms with E-state index in [2.05, 4.69) is 15.2 Å². The Morgan fingerprint density at radius 1 is 1.39 bits per heavy atom. The van der Waals surface area contributed by atoms with Gasteiger partial charge in [0.05, 0.1) is 18.1 Å². The number of carbonyl (C=O) groups is 1. The van der Waals surface area contributed by atoms with Crippen LogP contribution in [0.4, 0.5) is 0 Å². The summed E-state index contributed by atoms with van der Waals surface area (Å²) in [6.07, 6.45) is 7.02. The van der Waals surface area contributed by atoms with Crippen LogP contribution in [0.5, 0.6) is 0 Å². The fraction of sp³-hybridized carbons (Fsp3) is 0.562. The van der Waals surface area contributed by atoms with Crippen molar-refractivity contribution in [3.63, 3.8) is 0 Å². The first-order valence-corrected chi connectivity index (χ1v) is 8.03. The highest BCUT2D eigenvalue weighted by Gasteiger charge is 2.49. The number of carbonyl (C=O) groups excluding carboxylic acids is 1. The Kier molecular flexibility index (Phi) is 4.47. The number of rotatable bonds is 6. The van der Waals surface area contributed by atoms with Crippen molar-refractivity contribution < 1.29 is 9.90 Å². The maximum atomic E-state index is 12.5. The number of amides is 1. The van der Waals surface area contributed by atoms with E-state index in [0.29, 0.717) is 6.54 Å². The van der Waals surface area contributed by atoms with Crippen molar-refractivity contribution in [1.29, 1.82) is 0 Å². The van der Waals surface area contributed by atoms with E-state index in [4.69, 9.17) is 0 Å². The standard InChI is InChI=1S/C16H23N5O2/c1-11(2)13-14(12-4-5-18-19-12)21(16(23)15(13)22)8-3-7-20-9-6-17-10-20/h4-6,9-11,13-15,22H,3,7-8H2,1-2H3,(H,18,19). The molecule has 1 amide bonds. The molecule has 1 fully saturated rings. The Morgan fingerprint density at radius 2 is 2.22 bits per heavy atom. The van der Waals surface area contributed by atoms with Gasteiger partial charge in [0.25, 0.3) is 5.91 Å². The maximum Gasteiger partial charge on any atom is 0.252 e. The van der Waals surface area contributed by atoms with Crippen LogP contribution in [0.3, 0.4) is 0 Å². The van der Waals surface area contributed by atoms with Gasteiger partial charge in [0, 0.05) is 37.6 Å². The first-order valence-electron chi connectivity index (χ1n) is 8.03. The third-order valence-corrected chi connectivity index (χ3v) is 4.57. The number of hydrogen-bond acceptors (Lipinski definition) is 4. The number of aliphatic hydroxyl groups is 1. The molecular weight excluding hydrogens is 294 g/mol. The Hall–Kier alpha value is -2.15. The molecular formula is C16H23N5O2. The molecule has 0 spiro atoms. The molecule has 3 atom stereocenters. The quantitative estimate of drug-likeness (QED) is 0.838. The van der Waals surface area contributed by atoms with E-state index in [-0.39, 0.29) is 23.8 Å². The summed E-state index contributed by atoms with van der Waals surface area (Å²) in [6.45, 7) is 5.46. The smallest absolute Gasteiger partial charge is 0.252 e. The number of aromatic amines is 1. The molecule has 3 unspecified atom stereocenters. The van der Waals surface area contributed by atoms with E-state index in [1.165, 1.54) is 0 Å². The highest BCUT2D eigenvalue weighted by atomic mass is 16.3. The predicted molar refractivity (Wildman–Crippen MR) is 84.2 cm³/mol. The number of aromatic nitrogens is 4. The molecule has 2 N–H and O–H groups in total. The molecule has 2 aromatic heterocycles. The Labute approximate surface area is 135 Å². The van der Waals surface area contributed by atoms with Gasteiger partial charge in [-0.05, 0) is 18.4 Å². The minimum absolute atomic E-state index is 0.140. The number of H-pyrrole nitrogens is 1. The molecule has 1 aliphatic heterocycles. The van der Waals surface area contributed by atoms with Crippen molar-refractivity contribution in [2.75, 3.05) is 6.54 Å². The molecule has 3 rings (SSSR count). The van der Waals surface area contributed by atoms with Gasteiger partial charge in [-0.15, -0.1) is 0 Å². The number of aryl methyl sites for hydroxylation is 1. The predicted octanol–water partition coefficient (Wildman–Crippen LogP) is 1.21. The lowest BCUT2D eigenvalue weighted by Gasteiger charge is -2.28. The topological polar surface area (TPSA) is 87.0 Å². The maximum absolute atomic E-state index is 12.5. The average molecular weight is 317 g/mol. The van der Waals surface area contributed by atoms with E-state index >= 15 is 0 Å². The zero-order chi connectivity index (χ0) is 16.4. The van der Waals surface area contributed by atoms with E-state index in [1.54, 1.807) is 23.6 Å². The van der Waals surface area contributed by atoms with Gasteiger partial charge in [-0.2, -0.15) is 5.10 Å². The number of hydrogen-bond donors (Lipinski definition) is 2. The molecule has 0 aromatic carbocycles. The molecule has 0 radical (unpaired) electrons. The number of aliphatic hydroxyl groups excluding tert-OH is 1. The number of nitrogens with one attached hydrogen (secondary N) is 1. The van der Waals surface area contributed by atoms with Crippen molar-refractivity contribution >= 4 is 5.91 Å². The zero-order valence-corrected chi connectivity index (χ0v) is 13.5. The second-order valence-corrected chi connectivity index (χ2v) is 6.40. The molecule has 1 saturated heterocycles. The summed E-state index contributed by atoms with van der Waals surface area (Å²) in [5.74, 6) is -0.143. The van der Waals surface area contributed by atoms with Gasteiger partial charge in [-0.3, -0.25) is 9.89 Å². The highest BCUT2D eigenvalue weighted by Crippen LogP contribution is 2.41. The van der Waals surface area contributed by atoms with Crippen molar-refractivity contribution in [2.45, 2.75) is 39.0 Å². The van der Waals surface area contributed by atoms with Crippen LogP contribution in [0.15, 0.2) is 31.0 Å². The summed E-state index contributed by atoms with van der Waals surface area (Å²) in [5.41, 5.74) is 0.816. The molecule has 124 valence electrons. The number of nitrogens with zero attached hydrogens (tertiary/aromatic N) is 4. The first kappa shape index (κ1) is 15.7. The van der Waals surface area contributed by atoms with Crippen molar-refractivity contribution in [2.24, 2.45) is 11.8 Å². The molecule has 23 heavy (non-hydrogen) atoms. The molecule has 1 aliphatic rings. The Morgan fingerprint density at radius 3 is 2.83 bits per heavy atom. The molecule has 0 saturated carbocycles. The Balaban J connectivity index is 1.76. The third-order valence-electron chi connectivity index (χ3n) is 4.57. The van der Waals surface area contributed by atoms with Crippen LogP contribution < -0.4 is 0 Å². The van der Waals surface area contributed by atoms with Crippen molar-refractivity contribution in [3.05, 3.63) is 36.7 Å². The SMILES string of the molecule is CC(C)C1C(O)C(=O)N(CCCn2ccnc2)C1c1cc[nH]n1. The molecule has 7 nitrogen and oxygen atoms in total. The summed E-state index contributed by atoms with van der Waals surface area (Å²) in [6, 6.07) is 1.71. The van der Waals surface area contributed by atoms with Crippen LogP contribution >= 0.6 is 0 Å². The van der Waals surface area contributed by atoms with Crippen LogP contribution in [0.2, 0.25) is 0 Å². The lowest BCUT2D eigenvalue weighted by atomic mass is 9.85. The van der Waals surface area contributed by atoms with Crippen LogP contribution in [-0.2, 0) is 11.3 Å². The zero-order valence-electron chi connectivity index (χ0n) is 13.5. The summed E-state index contributed by atoms with van der Waals surface area (Å²) < 4.78 is 1.99. The lowest BCUT2D eigenvalue weighted by Crippen LogP contribution is -2.32. The van der Waals surface area contributed by atoms with Gasteiger partial charge < -0.3 is 14.6 Å². The van der Waals surface area contributed by atoms with Crippen LogP contribution in [0.1, 0.15) is 32.0 Å². The second kappa shape index (κ2) is 6.54. The normalized spacial score (nSPS) is 24.8. The first-order chi connectivity index (χ1) is 11.1. The fourth-order valence-corrected chi connectivity index (χ4v) is 3.47. The average Bonchev–Trinajstić information content (AvgIpc) is 3.23. The summed E-state index contributed by atoms with van der Waals surface area (Å²) in [5, 5.41) is 17.5. The number of likely N-dealkylation sites (tertiary alicyclic amines) is 1. The largest absolute Gasteiger partial charge is 0.383 e. The number of imidazole rings is 1. The van der Waals surface area contributed by atoms with Crippen molar-refractivity contribution in [1.82, 2.24) is 24.6 Å². The minimum Gasteiger partial charge on any atom is -0.383 e. The third kappa shape index (κ3) is 3.01. The van der Waals surface area contributed by atoms with Crippen LogP contribution in [-0.4, -0.2) is 48.3 Å². The van der Waals surface area contributed by atoms with E-state index in [9.17, 15) is 9.90 Å². The Bertz CT molecular complexity index is 623. The fourth-order valence-electron chi connectivity index (χ4n) is 3.47. The summed E-state index contributed by atoms with van der Waals surface area (Å²) in [7, 11) is 0. The monoisotopic (exact) mass is 317 g/mol. The lowest BCUT2D eigenvalue weighted by molar-refractivity contribution is -0.136. The molecule has 2 aromatic rings. The van der Waals surface area contributed by atoms with Gasteiger partial charge in [0.2, 0.25) is 0 Å². The van der Waals surface area contributed by atoms with E-state index < -0.39 is 6.10 Å². The molecule has 0 bridgehead atoms. The second-order valence-electron chi connectivity index (χ2n) is 6.40. The highest BCUT2D eigenvalue weighted by molar-refractivity contribution is 5.84. The van der Waals surface area contributed by atoms with Gasteiger partial charge in [-0.1, -0.05) is 13.8 Å². The van der Waals surface area contributed by atoms with Crippen molar-refractivity contribution in [3.8, 4) is 0 Å². The van der Waals surface area contributed by atoms with Gasteiger partial charge in [-0.25, -0.2) is 4.98 Å². The van der Waals surface area contributed by atoms with Crippen LogP contribution in [0.25, 0.3) is 0 Å². The summed E-state index contributed by atoms with van der Waals surface area (Å²) >= 11 is 0.